The average molecular weight is 212 g/mol. The van der Waals surface area contributed by atoms with E-state index in [1.807, 2.05) is 4.90 Å². The van der Waals surface area contributed by atoms with E-state index in [2.05, 4.69) is 12.2 Å². The van der Waals surface area contributed by atoms with Crippen LogP contribution in [0.15, 0.2) is 0 Å². The maximum Gasteiger partial charge on any atom is 0.240 e. The first-order valence-corrected chi connectivity index (χ1v) is 5.88. The second kappa shape index (κ2) is 4.49. The SMILES string of the molecule is CC1CCNC1C(=O)N1CCC[C@H]1CO. The van der Waals surface area contributed by atoms with E-state index in [-0.39, 0.29) is 24.6 Å². The van der Waals surface area contributed by atoms with Crippen molar-refractivity contribution in [1.29, 1.82) is 0 Å². The Labute approximate surface area is 90.6 Å². The molecule has 0 spiro atoms. The topological polar surface area (TPSA) is 52.6 Å². The number of aliphatic hydroxyl groups is 1. The van der Waals surface area contributed by atoms with Crippen LogP contribution in [0, 0.1) is 5.92 Å². The maximum absolute atomic E-state index is 12.2. The lowest BCUT2D eigenvalue weighted by molar-refractivity contribution is -0.135. The monoisotopic (exact) mass is 212 g/mol. The molecule has 2 aliphatic heterocycles. The van der Waals surface area contributed by atoms with Crippen molar-refractivity contribution in [2.24, 2.45) is 5.92 Å². The Morgan fingerprint density at radius 3 is 2.93 bits per heavy atom. The van der Waals surface area contributed by atoms with Gasteiger partial charge in [-0.25, -0.2) is 0 Å². The van der Waals surface area contributed by atoms with Gasteiger partial charge in [-0.2, -0.15) is 0 Å². The molecule has 0 saturated carbocycles. The van der Waals surface area contributed by atoms with Crippen LogP contribution < -0.4 is 5.32 Å². The summed E-state index contributed by atoms with van der Waals surface area (Å²) in [4.78, 5) is 14.0. The van der Waals surface area contributed by atoms with Crippen molar-refractivity contribution in [3.05, 3.63) is 0 Å². The van der Waals surface area contributed by atoms with Gasteiger partial charge in [0.25, 0.3) is 0 Å². The Bertz CT molecular complexity index is 245. The first-order chi connectivity index (χ1) is 7.24. The van der Waals surface area contributed by atoms with E-state index in [4.69, 9.17) is 0 Å². The van der Waals surface area contributed by atoms with Crippen molar-refractivity contribution in [2.75, 3.05) is 19.7 Å². The Morgan fingerprint density at radius 2 is 2.33 bits per heavy atom. The van der Waals surface area contributed by atoms with Crippen LogP contribution in [0.2, 0.25) is 0 Å². The van der Waals surface area contributed by atoms with E-state index in [1.54, 1.807) is 0 Å². The molecule has 2 fully saturated rings. The van der Waals surface area contributed by atoms with E-state index in [0.717, 1.165) is 32.4 Å². The highest BCUT2D eigenvalue weighted by molar-refractivity contribution is 5.83. The molecule has 4 heteroatoms. The van der Waals surface area contributed by atoms with E-state index in [1.165, 1.54) is 0 Å². The molecule has 4 nitrogen and oxygen atoms in total. The van der Waals surface area contributed by atoms with Gasteiger partial charge in [0.1, 0.15) is 0 Å². The van der Waals surface area contributed by atoms with Crippen molar-refractivity contribution in [3.63, 3.8) is 0 Å². The normalized spacial score (nSPS) is 36.1. The van der Waals surface area contributed by atoms with Gasteiger partial charge in [0.05, 0.1) is 18.7 Å². The molecule has 2 unspecified atom stereocenters. The lowest BCUT2D eigenvalue weighted by Crippen LogP contribution is -2.48. The minimum atomic E-state index is -0.0165. The van der Waals surface area contributed by atoms with Gasteiger partial charge in [-0.05, 0) is 31.7 Å². The molecule has 2 aliphatic rings. The maximum atomic E-state index is 12.2. The summed E-state index contributed by atoms with van der Waals surface area (Å²) in [6, 6.07) is 0.0456. The minimum Gasteiger partial charge on any atom is -0.394 e. The quantitative estimate of drug-likeness (QED) is 0.676. The van der Waals surface area contributed by atoms with E-state index in [9.17, 15) is 9.90 Å². The highest BCUT2D eigenvalue weighted by Crippen LogP contribution is 2.22. The van der Waals surface area contributed by atoms with Gasteiger partial charge in [0, 0.05) is 6.54 Å². The number of nitrogens with zero attached hydrogens (tertiary/aromatic N) is 1. The fraction of sp³-hybridized carbons (Fsp3) is 0.909. The molecule has 2 rings (SSSR count). The molecular weight excluding hydrogens is 192 g/mol. The predicted molar refractivity (Wildman–Crippen MR) is 57.4 cm³/mol. The summed E-state index contributed by atoms with van der Waals surface area (Å²) >= 11 is 0. The Hall–Kier alpha value is -0.610. The van der Waals surface area contributed by atoms with Gasteiger partial charge < -0.3 is 15.3 Å². The van der Waals surface area contributed by atoms with Crippen molar-refractivity contribution in [1.82, 2.24) is 10.2 Å². The predicted octanol–water partition coefficient (Wildman–Crippen LogP) is -0.0323. The van der Waals surface area contributed by atoms with Gasteiger partial charge in [0.2, 0.25) is 5.91 Å². The Balaban J connectivity index is 2.00. The summed E-state index contributed by atoms with van der Waals surface area (Å²) in [5.41, 5.74) is 0. The van der Waals surface area contributed by atoms with Gasteiger partial charge in [0.15, 0.2) is 0 Å². The molecule has 15 heavy (non-hydrogen) atoms. The summed E-state index contributed by atoms with van der Waals surface area (Å²) in [5.74, 6) is 0.619. The van der Waals surface area contributed by atoms with Crippen LogP contribution >= 0.6 is 0 Å². The van der Waals surface area contributed by atoms with Crippen LogP contribution in [0.25, 0.3) is 0 Å². The molecule has 0 bridgehead atoms. The molecule has 0 aromatic carbocycles. The average Bonchev–Trinajstić information content (AvgIpc) is 2.84. The molecule has 1 amide bonds. The zero-order chi connectivity index (χ0) is 10.8. The number of amides is 1. The fourth-order valence-corrected chi connectivity index (χ4v) is 2.66. The number of carbonyl (C=O) groups excluding carboxylic acids is 1. The largest absolute Gasteiger partial charge is 0.394 e. The number of nitrogens with one attached hydrogen (secondary N) is 1. The first kappa shape index (κ1) is 10.9. The third-order valence-corrected chi connectivity index (χ3v) is 3.67. The third kappa shape index (κ3) is 2.01. The zero-order valence-electron chi connectivity index (χ0n) is 9.28. The molecule has 0 aromatic heterocycles. The third-order valence-electron chi connectivity index (χ3n) is 3.67. The van der Waals surface area contributed by atoms with Gasteiger partial charge in [-0.15, -0.1) is 0 Å². The van der Waals surface area contributed by atoms with Crippen LogP contribution in [-0.4, -0.2) is 47.7 Å². The fourth-order valence-electron chi connectivity index (χ4n) is 2.66. The Kier molecular flexibility index (Phi) is 3.26. The Morgan fingerprint density at radius 1 is 1.53 bits per heavy atom. The first-order valence-electron chi connectivity index (χ1n) is 5.88. The lowest BCUT2D eigenvalue weighted by Gasteiger charge is -2.27. The zero-order valence-corrected chi connectivity index (χ0v) is 9.28. The summed E-state index contributed by atoms with van der Waals surface area (Å²) < 4.78 is 0. The number of hydrogen-bond acceptors (Lipinski definition) is 3. The second-order valence-electron chi connectivity index (χ2n) is 4.71. The van der Waals surface area contributed by atoms with Crippen LogP contribution in [0.3, 0.4) is 0 Å². The van der Waals surface area contributed by atoms with E-state index >= 15 is 0 Å². The smallest absolute Gasteiger partial charge is 0.240 e. The molecule has 2 saturated heterocycles. The van der Waals surface area contributed by atoms with Crippen molar-refractivity contribution in [3.8, 4) is 0 Å². The summed E-state index contributed by atoms with van der Waals surface area (Å²) in [6.45, 7) is 3.98. The van der Waals surface area contributed by atoms with Crippen molar-refractivity contribution < 1.29 is 9.90 Å². The van der Waals surface area contributed by atoms with Crippen molar-refractivity contribution >= 4 is 5.91 Å². The number of rotatable bonds is 2. The van der Waals surface area contributed by atoms with Crippen LogP contribution in [0.4, 0.5) is 0 Å². The van der Waals surface area contributed by atoms with Crippen molar-refractivity contribution in [2.45, 2.75) is 38.3 Å². The molecule has 86 valence electrons. The molecule has 3 atom stereocenters. The second-order valence-corrected chi connectivity index (χ2v) is 4.71. The molecule has 0 radical (unpaired) electrons. The highest BCUT2D eigenvalue weighted by atomic mass is 16.3. The van der Waals surface area contributed by atoms with Crippen LogP contribution in [0.5, 0.6) is 0 Å². The van der Waals surface area contributed by atoms with Crippen LogP contribution in [-0.2, 0) is 4.79 Å². The summed E-state index contributed by atoms with van der Waals surface area (Å²) in [5, 5.41) is 12.4. The van der Waals surface area contributed by atoms with Gasteiger partial charge in [-0.1, -0.05) is 6.92 Å². The molecule has 0 aliphatic carbocycles. The number of likely N-dealkylation sites (tertiary alicyclic amines) is 1. The minimum absolute atomic E-state index is 0.0165. The number of aliphatic hydroxyl groups excluding tert-OH is 1. The van der Waals surface area contributed by atoms with E-state index in [0.29, 0.717) is 5.92 Å². The van der Waals surface area contributed by atoms with Crippen LogP contribution in [0.1, 0.15) is 26.2 Å². The summed E-state index contributed by atoms with van der Waals surface area (Å²) in [6.07, 6.45) is 3.05. The lowest BCUT2D eigenvalue weighted by atomic mass is 10.0. The highest BCUT2D eigenvalue weighted by Gasteiger charge is 2.36. The molecule has 0 aromatic rings. The van der Waals surface area contributed by atoms with Gasteiger partial charge >= 0.3 is 0 Å². The van der Waals surface area contributed by atoms with E-state index < -0.39 is 0 Å². The summed E-state index contributed by atoms with van der Waals surface area (Å²) in [7, 11) is 0. The van der Waals surface area contributed by atoms with Gasteiger partial charge in [-0.3, -0.25) is 4.79 Å². The molecule has 2 N–H and O–H groups in total. The number of hydrogen-bond donors (Lipinski definition) is 2. The number of carbonyl (C=O) groups is 1. The molecular formula is C11H20N2O2. The molecule has 2 heterocycles. The standard InChI is InChI=1S/C11H20N2O2/c1-8-4-5-12-10(8)11(15)13-6-2-3-9(13)7-14/h8-10,12,14H,2-7H2,1H3/t8?,9-,10?/m0/s1.